The van der Waals surface area contributed by atoms with Gasteiger partial charge >= 0.3 is 0 Å². The van der Waals surface area contributed by atoms with E-state index in [9.17, 15) is 18.5 Å². The molecule has 0 aliphatic rings. The number of non-ortho nitro benzene ring substituents is 1. The molecule has 0 spiro atoms. The number of hydrogen-bond donors (Lipinski definition) is 1. The highest BCUT2D eigenvalue weighted by atomic mass is 32.2. The van der Waals surface area contributed by atoms with Crippen LogP contribution in [0.5, 0.6) is 0 Å². The van der Waals surface area contributed by atoms with Crippen LogP contribution in [-0.4, -0.2) is 18.3 Å². The van der Waals surface area contributed by atoms with E-state index >= 15 is 0 Å². The Labute approximate surface area is 129 Å². The zero-order valence-electron chi connectivity index (χ0n) is 11.0. The predicted octanol–water partition coefficient (Wildman–Crippen LogP) is 2.62. The van der Waals surface area contributed by atoms with E-state index in [1.165, 1.54) is 41.7 Å². The van der Waals surface area contributed by atoms with Gasteiger partial charge in [-0.15, -0.1) is 0 Å². The van der Waals surface area contributed by atoms with Crippen molar-refractivity contribution in [3.8, 4) is 0 Å². The second kappa shape index (κ2) is 5.04. The number of rotatable bonds is 3. The standard InChI is InChI=1S/C13H9N3O4S2/c14-13-15-11-5-4-10(7-12(11)21-13)22(19,20)9-3-1-2-8(6-9)16(17)18/h1-7H,(H2,14,15). The molecule has 7 nitrogen and oxygen atoms in total. The second-order valence-corrected chi connectivity index (χ2v) is 7.45. The van der Waals surface area contributed by atoms with Crippen LogP contribution in [0.1, 0.15) is 0 Å². The van der Waals surface area contributed by atoms with Crippen LogP contribution in [0.3, 0.4) is 0 Å². The first-order chi connectivity index (χ1) is 10.4. The molecule has 3 aromatic rings. The van der Waals surface area contributed by atoms with Gasteiger partial charge in [-0.3, -0.25) is 10.1 Å². The molecule has 3 rings (SSSR count). The van der Waals surface area contributed by atoms with E-state index in [0.29, 0.717) is 15.3 Å². The van der Waals surface area contributed by atoms with Gasteiger partial charge < -0.3 is 5.73 Å². The Balaban J connectivity index is 2.14. The molecule has 1 aromatic heterocycles. The lowest BCUT2D eigenvalue weighted by atomic mass is 10.3. The molecule has 0 radical (unpaired) electrons. The zero-order valence-corrected chi connectivity index (χ0v) is 12.6. The third kappa shape index (κ3) is 2.40. The van der Waals surface area contributed by atoms with E-state index in [2.05, 4.69) is 4.98 Å². The van der Waals surface area contributed by atoms with E-state index in [0.717, 1.165) is 6.07 Å². The van der Waals surface area contributed by atoms with Crippen molar-refractivity contribution in [1.29, 1.82) is 0 Å². The molecular formula is C13H9N3O4S2. The molecule has 22 heavy (non-hydrogen) atoms. The summed E-state index contributed by atoms with van der Waals surface area (Å²) in [5.74, 6) is 0. The Morgan fingerprint density at radius 2 is 1.86 bits per heavy atom. The molecule has 0 saturated carbocycles. The molecule has 0 amide bonds. The molecule has 0 fully saturated rings. The summed E-state index contributed by atoms with van der Waals surface area (Å²) in [6, 6.07) is 9.40. The van der Waals surface area contributed by atoms with Crippen LogP contribution in [0.25, 0.3) is 10.2 Å². The van der Waals surface area contributed by atoms with Gasteiger partial charge in [0, 0.05) is 12.1 Å². The van der Waals surface area contributed by atoms with Gasteiger partial charge in [-0.05, 0) is 24.3 Å². The predicted molar refractivity (Wildman–Crippen MR) is 82.6 cm³/mol. The molecule has 2 aromatic carbocycles. The second-order valence-electron chi connectivity index (χ2n) is 4.44. The van der Waals surface area contributed by atoms with Gasteiger partial charge in [-0.25, -0.2) is 13.4 Å². The molecule has 0 bridgehead atoms. The van der Waals surface area contributed by atoms with Gasteiger partial charge in [-0.2, -0.15) is 0 Å². The topological polar surface area (TPSA) is 116 Å². The third-order valence-corrected chi connectivity index (χ3v) is 5.62. The number of sulfone groups is 1. The molecule has 0 aliphatic heterocycles. The average molecular weight is 335 g/mol. The highest BCUT2D eigenvalue weighted by Crippen LogP contribution is 2.30. The average Bonchev–Trinajstić information content (AvgIpc) is 2.86. The van der Waals surface area contributed by atoms with Crippen molar-refractivity contribution < 1.29 is 13.3 Å². The first kappa shape index (κ1) is 14.4. The summed E-state index contributed by atoms with van der Waals surface area (Å²) in [7, 11) is -3.84. The summed E-state index contributed by atoms with van der Waals surface area (Å²) in [4.78, 5) is 14.1. The minimum atomic E-state index is -3.84. The van der Waals surface area contributed by atoms with E-state index in [1.54, 1.807) is 6.07 Å². The molecule has 0 saturated heterocycles. The largest absolute Gasteiger partial charge is 0.375 e. The SMILES string of the molecule is Nc1nc2ccc(S(=O)(=O)c3cccc([N+](=O)[O-])c3)cc2s1. The van der Waals surface area contributed by atoms with E-state index in [-0.39, 0.29) is 15.5 Å². The van der Waals surface area contributed by atoms with Crippen LogP contribution in [-0.2, 0) is 9.84 Å². The number of nitro benzene ring substituents is 1. The molecule has 1 heterocycles. The van der Waals surface area contributed by atoms with Gasteiger partial charge in [-0.1, -0.05) is 17.4 Å². The summed E-state index contributed by atoms with van der Waals surface area (Å²) >= 11 is 1.18. The Hall–Kier alpha value is -2.52. The van der Waals surface area contributed by atoms with Gasteiger partial charge in [0.05, 0.1) is 24.9 Å². The highest BCUT2D eigenvalue weighted by Gasteiger charge is 2.21. The maximum atomic E-state index is 12.6. The number of anilines is 1. The highest BCUT2D eigenvalue weighted by molar-refractivity contribution is 7.91. The first-order valence-corrected chi connectivity index (χ1v) is 8.33. The Kier molecular flexibility index (Phi) is 3.30. The Morgan fingerprint density at radius 1 is 1.14 bits per heavy atom. The molecule has 0 unspecified atom stereocenters. The molecule has 2 N–H and O–H groups in total. The number of benzene rings is 2. The van der Waals surface area contributed by atoms with Gasteiger partial charge in [0.25, 0.3) is 5.69 Å². The molecule has 0 aliphatic carbocycles. The smallest absolute Gasteiger partial charge is 0.270 e. The lowest BCUT2D eigenvalue weighted by Crippen LogP contribution is -2.02. The van der Waals surface area contributed by atoms with Gasteiger partial charge in [0.15, 0.2) is 5.13 Å². The molecule has 9 heteroatoms. The van der Waals surface area contributed by atoms with Crippen LogP contribution in [0, 0.1) is 10.1 Å². The van der Waals surface area contributed by atoms with Crippen molar-refractivity contribution in [2.75, 3.05) is 5.73 Å². The Bertz CT molecular complexity index is 995. The van der Waals surface area contributed by atoms with Crippen molar-refractivity contribution in [1.82, 2.24) is 4.98 Å². The molecule has 0 atom stereocenters. The van der Waals surface area contributed by atoms with Crippen molar-refractivity contribution in [3.05, 3.63) is 52.6 Å². The number of nitrogens with zero attached hydrogens (tertiary/aromatic N) is 2. The maximum absolute atomic E-state index is 12.6. The van der Waals surface area contributed by atoms with E-state index < -0.39 is 14.8 Å². The van der Waals surface area contributed by atoms with Crippen LogP contribution in [0.15, 0.2) is 52.3 Å². The van der Waals surface area contributed by atoms with Crippen LogP contribution < -0.4 is 5.73 Å². The Morgan fingerprint density at radius 3 is 2.59 bits per heavy atom. The van der Waals surface area contributed by atoms with Gasteiger partial charge in [0.1, 0.15) is 0 Å². The maximum Gasteiger partial charge on any atom is 0.270 e. The monoisotopic (exact) mass is 335 g/mol. The fourth-order valence-electron chi connectivity index (χ4n) is 1.99. The third-order valence-electron chi connectivity index (χ3n) is 3.03. The number of nitro groups is 1. The number of hydrogen-bond acceptors (Lipinski definition) is 7. The number of nitrogen functional groups attached to an aromatic ring is 1. The van der Waals surface area contributed by atoms with E-state index in [1.807, 2.05) is 0 Å². The molecular weight excluding hydrogens is 326 g/mol. The van der Waals surface area contributed by atoms with Gasteiger partial charge in [0.2, 0.25) is 9.84 Å². The summed E-state index contributed by atoms with van der Waals surface area (Å²) in [6.45, 7) is 0. The number of thiazole rings is 1. The summed E-state index contributed by atoms with van der Waals surface area (Å²) in [6.07, 6.45) is 0. The van der Waals surface area contributed by atoms with Crippen molar-refractivity contribution in [2.24, 2.45) is 0 Å². The first-order valence-electron chi connectivity index (χ1n) is 6.03. The van der Waals surface area contributed by atoms with Crippen molar-refractivity contribution in [3.63, 3.8) is 0 Å². The fraction of sp³-hybridized carbons (Fsp3) is 0. The minimum absolute atomic E-state index is 0.0455. The number of fused-ring (bicyclic) bond motifs is 1. The number of nitrogens with two attached hydrogens (primary N) is 1. The summed E-state index contributed by atoms with van der Waals surface area (Å²) in [5, 5.41) is 11.1. The normalized spacial score (nSPS) is 11.6. The summed E-state index contributed by atoms with van der Waals surface area (Å²) in [5.41, 5.74) is 5.93. The van der Waals surface area contributed by atoms with Crippen molar-refractivity contribution >= 4 is 42.2 Å². The van der Waals surface area contributed by atoms with Crippen LogP contribution >= 0.6 is 11.3 Å². The molecule has 112 valence electrons. The van der Waals surface area contributed by atoms with Crippen molar-refractivity contribution in [2.45, 2.75) is 9.79 Å². The lowest BCUT2D eigenvalue weighted by Gasteiger charge is -2.04. The quantitative estimate of drug-likeness (QED) is 0.581. The van der Waals surface area contributed by atoms with E-state index in [4.69, 9.17) is 5.73 Å². The van der Waals surface area contributed by atoms with Crippen LogP contribution in [0.2, 0.25) is 0 Å². The fourth-order valence-corrected chi connectivity index (χ4v) is 4.16. The summed E-state index contributed by atoms with van der Waals surface area (Å²) < 4.78 is 25.8. The minimum Gasteiger partial charge on any atom is -0.375 e. The lowest BCUT2D eigenvalue weighted by molar-refractivity contribution is -0.385. The zero-order chi connectivity index (χ0) is 15.9. The van der Waals surface area contributed by atoms with Crippen LogP contribution in [0.4, 0.5) is 10.8 Å². The number of aromatic nitrogens is 1.